The lowest BCUT2D eigenvalue weighted by atomic mass is 9.79. The fraction of sp³-hybridized carbons (Fsp3) is 0.0500. The molecule has 238 valence electrons. The molecular weight excluding hydrogens is 686 g/mol. The Morgan fingerprint density at radius 3 is 0.875 bits per heavy atom. The average Bonchev–Trinajstić information content (AvgIpc) is 3.03. The predicted octanol–water partition coefficient (Wildman–Crippen LogP) is 11.9. The summed E-state index contributed by atoms with van der Waals surface area (Å²) in [6.07, 6.45) is -0.442. The Morgan fingerprint density at radius 1 is 0.417 bits per heavy atom. The minimum absolute atomic E-state index is 0.221. The lowest BCUT2D eigenvalue weighted by Crippen LogP contribution is -2.05. The molecule has 8 heteroatoms. The normalized spacial score (nSPS) is 11.0. The summed E-state index contributed by atoms with van der Waals surface area (Å²) in [4.78, 5) is 24.2. The predicted molar refractivity (Wildman–Crippen MR) is 196 cm³/mol. The van der Waals surface area contributed by atoms with Crippen molar-refractivity contribution in [2.24, 2.45) is 0 Å². The Kier molecular flexibility index (Phi) is 9.91. The molecule has 0 aliphatic carbocycles. The summed E-state index contributed by atoms with van der Waals surface area (Å²) in [6, 6.07) is 37.0. The van der Waals surface area contributed by atoms with Crippen LogP contribution in [0.5, 0.6) is 0 Å². The SMILES string of the molecule is O=C(O)Cc1cc(-c2cccc(Cl)c2)c(-c2c(-c3cccc(Cl)c3)cc(CC(=O)O)cc2-c2cccc(Cl)c2)c(-c2cccc(Cl)c2)c1. The summed E-state index contributed by atoms with van der Waals surface area (Å²) in [5.74, 6) is -1.96. The first-order valence-electron chi connectivity index (χ1n) is 14.9. The zero-order valence-corrected chi connectivity index (χ0v) is 28.2. The molecular formula is C40H26Cl4O4. The Bertz CT molecular complexity index is 1920. The highest BCUT2D eigenvalue weighted by Gasteiger charge is 2.25. The van der Waals surface area contributed by atoms with Crippen LogP contribution in [0.25, 0.3) is 55.6 Å². The molecule has 6 aromatic rings. The van der Waals surface area contributed by atoms with Crippen LogP contribution in [0.2, 0.25) is 20.1 Å². The van der Waals surface area contributed by atoms with Crippen molar-refractivity contribution in [1.29, 1.82) is 0 Å². The summed E-state index contributed by atoms with van der Waals surface area (Å²) in [5.41, 5.74) is 8.63. The van der Waals surface area contributed by atoms with Gasteiger partial charge in [-0.3, -0.25) is 9.59 Å². The summed E-state index contributed by atoms with van der Waals surface area (Å²) in [5, 5.41) is 21.8. The van der Waals surface area contributed by atoms with E-state index in [0.29, 0.717) is 31.2 Å². The first-order valence-corrected chi connectivity index (χ1v) is 16.4. The molecule has 48 heavy (non-hydrogen) atoms. The van der Waals surface area contributed by atoms with Gasteiger partial charge in [0.2, 0.25) is 0 Å². The fourth-order valence-electron chi connectivity index (χ4n) is 6.03. The number of hydrogen-bond donors (Lipinski definition) is 2. The summed E-state index contributed by atoms with van der Waals surface area (Å²) < 4.78 is 0. The lowest BCUT2D eigenvalue weighted by Gasteiger charge is -2.25. The van der Waals surface area contributed by atoms with Crippen molar-refractivity contribution in [3.8, 4) is 55.6 Å². The van der Waals surface area contributed by atoms with Gasteiger partial charge in [-0.15, -0.1) is 0 Å². The van der Waals surface area contributed by atoms with E-state index in [1.54, 1.807) is 24.3 Å². The summed E-state index contributed by atoms with van der Waals surface area (Å²) in [6.45, 7) is 0. The van der Waals surface area contributed by atoms with Crippen molar-refractivity contribution < 1.29 is 19.8 Å². The van der Waals surface area contributed by atoms with Gasteiger partial charge in [0.25, 0.3) is 0 Å². The Morgan fingerprint density at radius 2 is 0.667 bits per heavy atom. The van der Waals surface area contributed by atoms with Crippen molar-refractivity contribution in [2.75, 3.05) is 0 Å². The van der Waals surface area contributed by atoms with Crippen LogP contribution in [0.1, 0.15) is 11.1 Å². The average molecular weight is 712 g/mol. The van der Waals surface area contributed by atoms with E-state index in [4.69, 9.17) is 46.4 Å². The van der Waals surface area contributed by atoms with E-state index in [-0.39, 0.29) is 12.8 Å². The maximum absolute atomic E-state index is 12.1. The highest BCUT2D eigenvalue weighted by atomic mass is 35.5. The Hall–Kier alpha value is -4.58. The molecule has 0 spiro atoms. The van der Waals surface area contributed by atoms with E-state index in [2.05, 4.69) is 0 Å². The maximum atomic E-state index is 12.1. The third-order valence-electron chi connectivity index (χ3n) is 7.90. The maximum Gasteiger partial charge on any atom is 0.307 e. The fourth-order valence-corrected chi connectivity index (χ4v) is 6.79. The van der Waals surface area contributed by atoms with E-state index >= 15 is 0 Å². The van der Waals surface area contributed by atoms with Crippen LogP contribution in [0.3, 0.4) is 0 Å². The smallest absolute Gasteiger partial charge is 0.307 e. The van der Waals surface area contributed by atoms with Gasteiger partial charge in [-0.1, -0.05) is 94.9 Å². The molecule has 0 aliphatic rings. The van der Waals surface area contributed by atoms with Crippen molar-refractivity contribution in [3.63, 3.8) is 0 Å². The topological polar surface area (TPSA) is 74.6 Å². The van der Waals surface area contributed by atoms with Crippen LogP contribution in [0.4, 0.5) is 0 Å². The van der Waals surface area contributed by atoms with Crippen LogP contribution in [-0.2, 0) is 22.4 Å². The zero-order valence-electron chi connectivity index (χ0n) is 25.2. The summed E-state index contributed by atoms with van der Waals surface area (Å²) >= 11 is 26.2. The molecule has 6 rings (SSSR count). The third kappa shape index (κ3) is 7.43. The second-order valence-corrected chi connectivity index (χ2v) is 13.1. The monoisotopic (exact) mass is 710 g/mol. The number of carboxylic acid groups (broad SMARTS) is 2. The molecule has 6 aromatic carbocycles. The Balaban J connectivity index is 1.86. The molecule has 0 atom stereocenters. The first-order chi connectivity index (χ1) is 23.0. The lowest BCUT2D eigenvalue weighted by molar-refractivity contribution is -0.137. The molecule has 0 fully saturated rings. The van der Waals surface area contributed by atoms with Gasteiger partial charge >= 0.3 is 11.9 Å². The van der Waals surface area contributed by atoms with E-state index in [0.717, 1.165) is 55.6 Å². The van der Waals surface area contributed by atoms with Crippen molar-refractivity contribution in [1.82, 2.24) is 0 Å². The van der Waals surface area contributed by atoms with Crippen LogP contribution in [0, 0.1) is 0 Å². The van der Waals surface area contributed by atoms with E-state index in [9.17, 15) is 19.8 Å². The van der Waals surface area contributed by atoms with Gasteiger partial charge in [0, 0.05) is 20.1 Å². The number of halogens is 4. The van der Waals surface area contributed by atoms with E-state index in [1.807, 2.05) is 97.1 Å². The molecule has 0 amide bonds. The minimum Gasteiger partial charge on any atom is -0.481 e. The van der Waals surface area contributed by atoms with Gasteiger partial charge in [-0.05, 0) is 140 Å². The second-order valence-electron chi connectivity index (χ2n) is 11.3. The van der Waals surface area contributed by atoms with Crippen molar-refractivity contribution >= 4 is 58.3 Å². The zero-order chi connectivity index (χ0) is 33.9. The van der Waals surface area contributed by atoms with E-state index < -0.39 is 11.9 Å². The highest BCUT2D eigenvalue weighted by Crippen LogP contribution is 2.50. The molecule has 0 bridgehead atoms. The van der Waals surface area contributed by atoms with Gasteiger partial charge in [-0.25, -0.2) is 0 Å². The molecule has 0 unspecified atom stereocenters. The van der Waals surface area contributed by atoms with Gasteiger partial charge in [-0.2, -0.15) is 0 Å². The third-order valence-corrected chi connectivity index (χ3v) is 8.84. The first kappa shape index (κ1) is 33.3. The molecule has 2 N–H and O–H groups in total. The van der Waals surface area contributed by atoms with Crippen LogP contribution >= 0.6 is 46.4 Å². The molecule has 0 saturated heterocycles. The number of carboxylic acids is 2. The number of aliphatic carboxylic acids is 2. The number of rotatable bonds is 9. The summed E-state index contributed by atoms with van der Waals surface area (Å²) in [7, 11) is 0. The molecule has 0 heterocycles. The van der Waals surface area contributed by atoms with Gasteiger partial charge < -0.3 is 10.2 Å². The highest BCUT2D eigenvalue weighted by molar-refractivity contribution is 6.32. The van der Waals surface area contributed by atoms with Crippen LogP contribution in [-0.4, -0.2) is 22.2 Å². The van der Waals surface area contributed by atoms with Gasteiger partial charge in [0.15, 0.2) is 0 Å². The van der Waals surface area contributed by atoms with Crippen LogP contribution < -0.4 is 0 Å². The van der Waals surface area contributed by atoms with Gasteiger partial charge in [0.05, 0.1) is 12.8 Å². The largest absolute Gasteiger partial charge is 0.481 e. The Labute approximate surface area is 297 Å². The van der Waals surface area contributed by atoms with Crippen molar-refractivity contribution in [3.05, 3.63) is 153 Å². The second kappa shape index (κ2) is 14.3. The molecule has 0 radical (unpaired) electrons. The number of carbonyl (C=O) groups is 2. The molecule has 0 saturated carbocycles. The minimum atomic E-state index is -0.978. The van der Waals surface area contributed by atoms with E-state index in [1.165, 1.54) is 0 Å². The number of hydrogen-bond acceptors (Lipinski definition) is 2. The van der Waals surface area contributed by atoms with Gasteiger partial charge in [0.1, 0.15) is 0 Å². The standard InChI is InChI=1S/C40H26Cl4O4/c41-29-9-1-5-25(19-29)33-13-23(17-37(45)46)14-34(26-6-2-10-30(42)20-26)39(33)40-35(27-7-3-11-31(43)21-27)15-24(18-38(47)48)16-36(40)28-8-4-12-32(44)22-28/h1-16,19-22H,17-18H2,(H,45,46)(H,47,48). The molecule has 0 aliphatic heterocycles. The van der Waals surface area contributed by atoms with Crippen molar-refractivity contribution in [2.45, 2.75) is 12.8 Å². The molecule has 4 nitrogen and oxygen atoms in total. The van der Waals surface area contributed by atoms with Crippen LogP contribution in [0.15, 0.2) is 121 Å². The number of benzene rings is 6. The quantitative estimate of drug-likeness (QED) is 0.157. The molecule has 0 aromatic heterocycles.